The third-order valence-electron chi connectivity index (χ3n) is 4.76. The zero-order valence-corrected chi connectivity index (χ0v) is 16.7. The Balaban J connectivity index is 1.49. The van der Waals surface area contributed by atoms with Crippen molar-refractivity contribution in [3.63, 3.8) is 0 Å². The molecule has 0 aliphatic carbocycles. The maximum atomic E-state index is 12.9. The van der Waals surface area contributed by atoms with Crippen LogP contribution in [0.3, 0.4) is 0 Å². The van der Waals surface area contributed by atoms with E-state index in [1.54, 1.807) is 13.1 Å². The first kappa shape index (κ1) is 19.4. The van der Waals surface area contributed by atoms with Crippen LogP contribution in [0.5, 0.6) is 17.2 Å². The molecule has 1 aliphatic heterocycles. The van der Waals surface area contributed by atoms with Crippen LogP contribution in [-0.2, 0) is 4.79 Å². The molecule has 3 aromatic rings. The van der Waals surface area contributed by atoms with Gasteiger partial charge in [0.15, 0.2) is 0 Å². The third-order valence-corrected chi connectivity index (χ3v) is 4.76. The molecule has 0 fully saturated rings. The third kappa shape index (κ3) is 4.10. The van der Waals surface area contributed by atoms with Gasteiger partial charge in [0.05, 0.1) is 5.69 Å². The van der Waals surface area contributed by atoms with Gasteiger partial charge >= 0.3 is 0 Å². The molecule has 1 aliphatic rings. The molecule has 1 N–H and O–H groups in total. The summed E-state index contributed by atoms with van der Waals surface area (Å²) in [5.41, 5.74) is 1.84. The number of para-hydroxylation sites is 1. The number of fused-ring (bicyclic) bond motifs is 1. The molecular formula is C23H21N3O4. The largest absolute Gasteiger partial charge is 0.489 e. The second-order valence-corrected chi connectivity index (χ2v) is 7.00. The van der Waals surface area contributed by atoms with Gasteiger partial charge in [-0.05, 0) is 42.8 Å². The van der Waals surface area contributed by atoms with Crippen LogP contribution in [0.2, 0.25) is 0 Å². The van der Waals surface area contributed by atoms with Gasteiger partial charge in [0.25, 0.3) is 11.8 Å². The van der Waals surface area contributed by atoms with Crippen molar-refractivity contribution in [1.82, 2.24) is 10.3 Å². The Kier molecular flexibility index (Phi) is 5.34. The number of ether oxygens (including phenoxy) is 2. The molecular weight excluding hydrogens is 382 g/mol. The molecule has 7 nitrogen and oxygen atoms in total. The van der Waals surface area contributed by atoms with Gasteiger partial charge in [0.1, 0.15) is 35.6 Å². The van der Waals surface area contributed by atoms with Crippen molar-refractivity contribution in [2.24, 2.45) is 0 Å². The van der Waals surface area contributed by atoms with E-state index in [2.05, 4.69) is 10.3 Å². The number of aromatic nitrogens is 1. The van der Waals surface area contributed by atoms with Crippen LogP contribution < -0.4 is 19.7 Å². The molecule has 2 amide bonds. The summed E-state index contributed by atoms with van der Waals surface area (Å²) >= 11 is 0. The molecule has 0 saturated heterocycles. The Morgan fingerprint density at radius 1 is 1.13 bits per heavy atom. The smallest absolute Gasteiger partial charge is 0.270 e. The van der Waals surface area contributed by atoms with E-state index in [0.717, 1.165) is 5.56 Å². The maximum Gasteiger partial charge on any atom is 0.270 e. The standard InChI is InChI=1S/C23H21N3O4/c1-15-8-9-21-20(12-15)26(2)23(28)19(14-29-21)25-22(27)18-13-17(10-11-24-18)30-16-6-4-3-5-7-16/h3-13,19H,14H2,1-2H3,(H,25,27). The molecule has 7 heteroatoms. The molecule has 1 aromatic heterocycles. The zero-order valence-electron chi connectivity index (χ0n) is 16.7. The molecule has 2 heterocycles. The Morgan fingerprint density at radius 2 is 1.93 bits per heavy atom. The van der Waals surface area contributed by atoms with Gasteiger partial charge in [-0.2, -0.15) is 0 Å². The van der Waals surface area contributed by atoms with Gasteiger partial charge in [-0.1, -0.05) is 24.3 Å². The molecule has 2 aromatic carbocycles. The number of anilines is 1. The molecule has 0 radical (unpaired) electrons. The maximum absolute atomic E-state index is 12.9. The first-order valence-corrected chi connectivity index (χ1v) is 9.52. The number of amides is 2. The lowest BCUT2D eigenvalue weighted by Crippen LogP contribution is -2.49. The minimum atomic E-state index is -0.837. The lowest BCUT2D eigenvalue weighted by molar-refractivity contribution is -0.120. The number of carbonyl (C=O) groups is 2. The highest BCUT2D eigenvalue weighted by molar-refractivity contribution is 6.02. The van der Waals surface area contributed by atoms with E-state index in [1.807, 2.05) is 55.5 Å². The Hall–Kier alpha value is -3.87. The van der Waals surface area contributed by atoms with Crippen molar-refractivity contribution in [2.75, 3.05) is 18.6 Å². The van der Waals surface area contributed by atoms with Crippen LogP contribution in [0, 0.1) is 6.92 Å². The average Bonchev–Trinajstić information content (AvgIpc) is 2.87. The predicted octanol–water partition coefficient (Wildman–Crippen LogP) is 3.34. The van der Waals surface area contributed by atoms with Crippen LogP contribution in [-0.4, -0.2) is 36.5 Å². The zero-order chi connectivity index (χ0) is 21.1. The first-order chi connectivity index (χ1) is 14.5. The van der Waals surface area contributed by atoms with E-state index in [1.165, 1.54) is 17.2 Å². The van der Waals surface area contributed by atoms with Crippen molar-refractivity contribution in [2.45, 2.75) is 13.0 Å². The molecule has 4 rings (SSSR count). The number of nitrogens with zero attached hydrogens (tertiary/aromatic N) is 2. The summed E-state index contributed by atoms with van der Waals surface area (Å²) in [5, 5.41) is 2.72. The van der Waals surface area contributed by atoms with Gasteiger partial charge in [0.2, 0.25) is 0 Å². The minimum Gasteiger partial charge on any atom is -0.489 e. The van der Waals surface area contributed by atoms with Gasteiger partial charge < -0.3 is 19.7 Å². The molecule has 152 valence electrons. The van der Waals surface area contributed by atoms with Gasteiger partial charge in [-0.15, -0.1) is 0 Å². The highest BCUT2D eigenvalue weighted by Gasteiger charge is 2.31. The topological polar surface area (TPSA) is 80.8 Å². The van der Waals surface area contributed by atoms with E-state index in [4.69, 9.17) is 9.47 Å². The summed E-state index contributed by atoms with van der Waals surface area (Å²) in [6, 6.07) is 17.2. The fraction of sp³-hybridized carbons (Fsp3) is 0.174. The quantitative estimate of drug-likeness (QED) is 0.723. The van der Waals surface area contributed by atoms with Crippen LogP contribution in [0.25, 0.3) is 0 Å². The fourth-order valence-electron chi connectivity index (χ4n) is 3.17. The number of carbonyl (C=O) groups excluding carboxylic acids is 2. The lowest BCUT2D eigenvalue weighted by Gasteiger charge is -2.20. The summed E-state index contributed by atoms with van der Waals surface area (Å²) in [7, 11) is 1.67. The van der Waals surface area contributed by atoms with Gasteiger partial charge in [-0.25, -0.2) is 0 Å². The lowest BCUT2D eigenvalue weighted by atomic mass is 10.2. The van der Waals surface area contributed by atoms with Crippen LogP contribution >= 0.6 is 0 Å². The molecule has 30 heavy (non-hydrogen) atoms. The molecule has 1 unspecified atom stereocenters. The van der Waals surface area contributed by atoms with Crippen LogP contribution in [0.1, 0.15) is 16.1 Å². The van der Waals surface area contributed by atoms with Crippen molar-refractivity contribution in [3.05, 3.63) is 78.1 Å². The summed E-state index contributed by atoms with van der Waals surface area (Å²) in [5.74, 6) is 0.988. The van der Waals surface area contributed by atoms with E-state index >= 15 is 0 Å². The average molecular weight is 403 g/mol. The molecule has 0 spiro atoms. The number of benzene rings is 2. The minimum absolute atomic E-state index is 0.0329. The monoisotopic (exact) mass is 403 g/mol. The summed E-state index contributed by atoms with van der Waals surface area (Å²) in [6.07, 6.45) is 1.49. The van der Waals surface area contributed by atoms with Crippen molar-refractivity contribution in [3.8, 4) is 17.2 Å². The molecule has 0 bridgehead atoms. The van der Waals surface area contributed by atoms with E-state index in [9.17, 15) is 9.59 Å². The molecule has 0 saturated carbocycles. The van der Waals surface area contributed by atoms with Gasteiger partial charge in [0, 0.05) is 19.3 Å². The summed E-state index contributed by atoms with van der Waals surface area (Å²) in [6.45, 7) is 1.98. The van der Waals surface area contributed by atoms with Crippen LogP contribution in [0.4, 0.5) is 5.69 Å². The van der Waals surface area contributed by atoms with Crippen molar-refractivity contribution < 1.29 is 19.1 Å². The first-order valence-electron chi connectivity index (χ1n) is 9.52. The van der Waals surface area contributed by atoms with Crippen molar-refractivity contribution >= 4 is 17.5 Å². The van der Waals surface area contributed by atoms with E-state index in [0.29, 0.717) is 22.9 Å². The highest BCUT2D eigenvalue weighted by Crippen LogP contribution is 2.31. The van der Waals surface area contributed by atoms with Crippen molar-refractivity contribution in [1.29, 1.82) is 0 Å². The van der Waals surface area contributed by atoms with Crippen LogP contribution in [0.15, 0.2) is 66.9 Å². The SMILES string of the molecule is Cc1ccc2c(c1)N(C)C(=O)C(NC(=O)c1cc(Oc3ccccc3)ccn1)CO2. The Morgan fingerprint density at radius 3 is 2.73 bits per heavy atom. The van der Waals surface area contributed by atoms with Gasteiger partial charge in [-0.3, -0.25) is 14.6 Å². The highest BCUT2D eigenvalue weighted by atomic mass is 16.5. The normalized spacial score (nSPS) is 15.6. The number of hydrogen-bond acceptors (Lipinski definition) is 5. The number of hydrogen-bond donors (Lipinski definition) is 1. The second-order valence-electron chi connectivity index (χ2n) is 7.00. The summed E-state index contributed by atoms with van der Waals surface area (Å²) in [4.78, 5) is 31.2. The summed E-state index contributed by atoms with van der Waals surface area (Å²) < 4.78 is 11.5. The Bertz CT molecular complexity index is 1080. The number of aryl methyl sites for hydroxylation is 1. The number of pyridine rings is 1. The number of likely N-dealkylation sites (N-methyl/N-ethyl adjacent to an activating group) is 1. The van der Waals surface area contributed by atoms with E-state index in [-0.39, 0.29) is 18.2 Å². The van der Waals surface area contributed by atoms with E-state index < -0.39 is 11.9 Å². The number of rotatable bonds is 4. The fourth-order valence-corrected chi connectivity index (χ4v) is 3.17. The molecule has 1 atom stereocenters. The number of nitrogens with one attached hydrogen (secondary N) is 1. The Labute approximate surface area is 174 Å². The second kappa shape index (κ2) is 8.24. The predicted molar refractivity (Wildman–Crippen MR) is 112 cm³/mol.